The molecule has 4 nitrogen and oxygen atoms in total. The fourth-order valence-corrected chi connectivity index (χ4v) is 4.21. The Bertz CT molecular complexity index is 607. The fraction of sp³-hybridized carbons (Fsp3) is 0.579. The lowest BCUT2D eigenvalue weighted by molar-refractivity contribution is 0.221. The van der Waals surface area contributed by atoms with E-state index in [4.69, 9.17) is 0 Å². The second kappa shape index (κ2) is 8.70. The zero-order valence-electron chi connectivity index (χ0n) is 14.8. The first-order chi connectivity index (χ1) is 11.7. The molecule has 3 heterocycles. The van der Waals surface area contributed by atoms with Gasteiger partial charge in [0, 0.05) is 49.0 Å². The van der Waals surface area contributed by atoms with Gasteiger partial charge >= 0.3 is 0 Å². The van der Waals surface area contributed by atoms with E-state index >= 15 is 0 Å². The molecule has 0 saturated carbocycles. The van der Waals surface area contributed by atoms with Crippen LogP contribution in [0.5, 0.6) is 0 Å². The van der Waals surface area contributed by atoms with Gasteiger partial charge in [0.15, 0.2) is 0 Å². The summed E-state index contributed by atoms with van der Waals surface area (Å²) < 4.78 is 0. The average Bonchev–Trinajstić information content (AvgIpc) is 3.03. The van der Waals surface area contributed by atoms with Crippen molar-refractivity contribution in [2.45, 2.75) is 51.7 Å². The monoisotopic (exact) mass is 344 g/mol. The fourth-order valence-electron chi connectivity index (χ4n) is 3.26. The number of likely N-dealkylation sites (tertiary alicyclic amines) is 1. The van der Waals surface area contributed by atoms with Crippen LogP contribution < -0.4 is 0 Å². The molecule has 0 aliphatic carbocycles. The molecule has 0 amide bonds. The second-order valence-corrected chi connectivity index (χ2v) is 7.92. The molecule has 1 saturated heterocycles. The minimum atomic E-state index is 0.453. The normalized spacial score (nSPS) is 17.3. The van der Waals surface area contributed by atoms with E-state index in [0.29, 0.717) is 6.04 Å². The van der Waals surface area contributed by atoms with Crippen molar-refractivity contribution in [2.24, 2.45) is 0 Å². The summed E-state index contributed by atoms with van der Waals surface area (Å²) in [7, 11) is 2.20. The third kappa shape index (κ3) is 5.10. The zero-order valence-corrected chi connectivity index (χ0v) is 15.6. The molecule has 1 fully saturated rings. The topological polar surface area (TPSA) is 32.3 Å². The van der Waals surface area contributed by atoms with Crippen LogP contribution in [-0.2, 0) is 19.5 Å². The second-order valence-electron chi connectivity index (χ2n) is 6.92. The third-order valence-corrected chi connectivity index (χ3v) is 5.81. The number of aromatic nitrogens is 2. The molecule has 0 spiro atoms. The number of piperidine rings is 1. The van der Waals surface area contributed by atoms with E-state index in [-0.39, 0.29) is 0 Å². The van der Waals surface area contributed by atoms with Crippen molar-refractivity contribution in [3.05, 3.63) is 46.2 Å². The highest BCUT2D eigenvalue weighted by molar-refractivity contribution is 7.10. The first-order valence-corrected chi connectivity index (χ1v) is 9.82. The minimum Gasteiger partial charge on any atom is -0.299 e. The summed E-state index contributed by atoms with van der Waals surface area (Å²) in [5, 5.41) is 2.34. The van der Waals surface area contributed by atoms with E-state index in [1.54, 1.807) is 12.4 Å². The Hall–Kier alpha value is -1.30. The molecule has 0 radical (unpaired) electrons. The Morgan fingerprint density at radius 1 is 1.25 bits per heavy atom. The van der Waals surface area contributed by atoms with Gasteiger partial charge in [0.05, 0.1) is 5.69 Å². The van der Waals surface area contributed by atoms with E-state index in [0.717, 1.165) is 25.2 Å². The van der Waals surface area contributed by atoms with Crippen LogP contribution in [0.2, 0.25) is 0 Å². The SMILES string of the molecule is CC(Cc1cnccn1)N(C)Cc1cc(CN2CCCCC2)cs1. The smallest absolute Gasteiger partial charge is 0.0602 e. The maximum absolute atomic E-state index is 4.39. The molecule has 3 rings (SSSR count). The molecule has 1 aliphatic rings. The van der Waals surface area contributed by atoms with E-state index in [2.05, 4.69) is 45.2 Å². The zero-order chi connectivity index (χ0) is 16.8. The van der Waals surface area contributed by atoms with Crippen molar-refractivity contribution in [3.63, 3.8) is 0 Å². The Morgan fingerprint density at radius 3 is 2.83 bits per heavy atom. The van der Waals surface area contributed by atoms with E-state index in [1.807, 2.05) is 17.5 Å². The summed E-state index contributed by atoms with van der Waals surface area (Å²) in [4.78, 5) is 15.0. The molecule has 2 aromatic rings. The Morgan fingerprint density at radius 2 is 2.08 bits per heavy atom. The highest BCUT2D eigenvalue weighted by Gasteiger charge is 2.14. The van der Waals surface area contributed by atoms with Gasteiger partial charge < -0.3 is 0 Å². The van der Waals surface area contributed by atoms with Gasteiger partial charge in [-0.05, 0) is 56.9 Å². The van der Waals surface area contributed by atoms with Crippen LogP contribution in [0, 0.1) is 0 Å². The van der Waals surface area contributed by atoms with Crippen molar-refractivity contribution in [1.82, 2.24) is 19.8 Å². The molecule has 1 aliphatic heterocycles. The predicted molar refractivity (Wildman–Crippen MR) is 100 cm³/mol. The highest BCUT2D eigenvalue weighted by Crippen LogP contribution is 2.21. The Kier molecular flexibility index (Phi) is 6.35. The summed E-state index contributed by atoms with van der Waals surface area (Å²) in [5.41, 5.74) is 2.54. The molecule has 130 valence electrons. The lowest BCUT2D eigenvalue weighted by Crippen LogP contribution is -2.30. The predicted octanol–water partition coefficient (Wildman–Crippen LogP) is 3.59. The molecule has 2 aromatic heterocycles. The van der Waals surface area contributed by atoms with Gasteiger partial charge in [-0.1, -0.05) is 6.42 Å². The molecular weight excluding hydrogens is 316 g/mol. The van der Waals surface area contributed by atoms with E-state index in [1.165, 1.54) is 42.8 Å². The Labute approximate surface area is 149 Å². The minimum absolute atomic E-state index is 0.453. The van der Waals surface area contributed by atoms with Crippen molar-refractivity contribution in [2.75, 3.05) is 20.1 Å². The van der Waals surface area contributed by atoms with Gasteiger partial charge in [-0.3, -0.25) is 19.8 Å². The van der Waals surface area contributed by atoms with Crippen LogP contribution in [0.4, 0.5) is 0 Å². The molecule has 5 heteroatoms. The number of hydrogen-bond acceptors (Lipinski definition) is 5. The highest BCUT2D eigenvalue weighted by atomic mass is 32.1. The van der Waals surface area contributed by atoms with Crippen LogP contribution >= 0.6 is 11.3 Å². The quantitative estimate of drug-likeness (QED) is 0.768. The number of nitrogens with zero attached hydrogens (tertiary/aromatic N) is 4. The van der Waals surface area contributed by atoms with Crippen molar-refractivity contribution >= 4 is 11.3 Å². The van der Waals surface area contributed by atoms with Gasteiger partial charge in [-0.25, -0.2) is 0 Å². The van der Waals surface area contributed by atoms with Gasteiger partial charge in [0.25, 0.3) is 0 Å². The molecule has 1 atom stereocenters. The first kappa shape index (κ1) is 17.5. The summed E-state index contributed by atoms with van der Waals surface area (Å²) in [6.45, 7) is 6.92. The number of thiophene rings is 1. The van der Waals surface area contributed by atoms with Crippen molar-refractivity contribution < 1.29 is 0 Å². The lowest BCUT2D eigenvalue weighted by atomic mass is 10.1. The number of likely N-dealkylation sites (N-methyl/N-ethyl adjacent to an activating group) is 1. The van der Waals surface area contributed by atoms with Crippen LogP contribution in [0.1, 0.15) is 42.3 Å². The van der Waals surface area contributed by atoms with Crippen LogP contribution in [0.3, 0.4) is 0 Å². The van der Waals surface area contributed by atoms with Gasteiger partial charge in [0.1, 0.15) is 0 Å². The maximum atomic E-state index is 4.39. The van der Waals surface area contributed by atoms with E-state index < -0.39 is 0 Å². The van der Waals surface area contributed by atoms with Gasteiger partial charge in [-0.15, -0.1) is 11.3 Å². The third-order valence-electron chi connectivity index (χ3n) is 4.84. The number of rotatable bonds is 7. The van der Waals surface area contributed by atoms with Crippen molar-refractivity contribution in [3.8, 4) is 0 Å². The molecule has 0 bridgehead atoms. The standard InChI is InChI=1S/C19H28N4S/c1-16(10-18-12-20-6-7-21-18)22(2)14-19-11-17(15-24-19)13-23-8-4-3-5-9-23/h6-7,11-12,15-16H,3-5,8-10,13-14H2,1-2H3. The van der Waals surface area contributed by atoms with Gasteiger partial charge in [-0.2, -0.15) is 0 Å². The van der Waals surface area contributed by atoms with Gasteiger partial charge in [0.2, 0.25) is 0 Å². The van der Waals surface area contributed by atoms with E-state index in [9.17, 15) is 0 Å². The van der Waals surface area contributed by atoms with Crippen LogP contribution in [-0.4, -0.2) is 45.9 Å². The average molecular weight is 345 g/mol. The molecular formula is C19H28N4S. The number of hydrogen-bond donors (Lipinski definition) is 0. The summed E-state index contributed by atoms with van der Waals surface area (Å²) in [5.74, 6) is 0. The summed E-state index contributed by atoms with van der Waals surface area (Å²) >= 11 is 1.89. The van der Waals surface area contributed by atoms with Crippen LogP contribution in [0.25, 0.3) is 0 Å². The summed E-state index contributed by atoms with van der Waals surface area (Å²) in [6.07, 6.45) is 10.4. The van der Waals surface area contributed by atoms with Crippen molar-refractivity contribution in [1.29, 1.82) is 0 Å². The molecule has 1 unspecified atom stereocenters. The molecule has 0 N–H and O–H groups in total. The largest absolute Gasteiger partial charge is 0.299 e. The first-order valence-electron chi connectivity index (χ1n) is 8.94. The summed E-state index contributed by atoms with van der Waals surface area (Å²) in [6, 6.07) is 2.85. The maximum Gasteiger partial charge on any atom is 0.0602 e. The lowest BCUT2D eigenvalue weighted by Gasteiger charge is -2.26. The van der Waals surface area contributed by atoms with Crippen LogP contribution in [0.15, 0.2) is 30.0 Å². The molecule has 0 aromatic carbocycles. The molecule has 24 heavy (non-hydrogen) atoms. The Balaban J connectivity index is 1.49.